The normalized spacial score (nSPS) is 13.0. The van der Waals surface area contributed by atoms with Crippen molar-refractivity contribution in [2.45, 2.75) is 17.4 Å². The van der Waals surface area contributed by atoms with Gasteiger partial charge in [0, 0.05) is 16.8 Å². The van der Waals surface area contributed by atoms with Gasteiger partial charge in [0.2, 0.25) is 5.91 Å². The maximum absolute atomic E-state index is 11.8. The van der Waals surface area contributed by atoms with E-state index in [2.05, 4.69) is 5.32 Å². The molecule has 0 spiro atoms. The molecule has 1 rings (SSSR count). The highest BCUT2D eigenvalue weighted by Gasteiger charge is 2.16. The summed E-state index contributed by atoms with van der Waals surface area (Å²) in [6.45, 7) is 0. The Labute approximate surface area is 117 Å². The predicted octanol–water partition coefficient (Wildman–Crippen LogP) is 1.11. The molecule has 0 radical (unpaired) electrons. The molecular formula is C12H18N2O3S2. The fraction of sp³-hybridized carbons (Fsp3) is 0.417. The maximum atomic E-state index is 11.8. The Morgan fingerprint density at radius 3 is 2.74 bits per heavy atom. The highest BCUT2D eigenvalue weighted by atomic mass is 32.2. The van der Waals surface area contributed by atoms with E-state index in [1.807, 2.05) is 24.5 Å². The molecule has 0 saturated carbocycles. The van der Waals surface area contributed by atoms with Crippen molar-refractivity contribution in [3.05, 3.63) is 24.3 Å². The number of rotatable bonds is 6. The number of nitrogens with one attached hydrogen (secondary N) is 1. The first-order chi connectivity index (χ1) is 8.81. The SMILES string of the molecule is CSc1cccc(NC(=O)C(N)CCS(C)(=O)=O)c1. The van der Waals surface area contributed by atoms with Crippen molar-refractivity contribution in [3.63, 3.8) is 0 Å². The molecule has 106 valence electrons. The number of nitrogens with two attached hydrogens (primary N) is 1. The molecule has 1 aromatic carbocycles. The zero-order chi connectivity index (χ0) is 14.5. The quantitative estimate of drug-likeness (QED) is 0.768. The fourth-order valence-electron chi connectivity index (χ4n) is 1.41. The Morgan fingerprint density at radius 2 is 2.16 bits per heavy atom. The van der Waals surface area contributed by atoms with Gasteiger partial charge < -0.3 is 11.1 Å². The average molecular weight is 302 g/mol. The van der Waals surface area contributed by atoms with E-state index in [-0.39, 0.29) is 18.1 Å². The van der Waals surface area contributed by atoms with Crippen LogP contribution in [0.2, 0.25) is 0 Å². The second-order valence-corrected chi connectivity index (χ2v) is 7.39. The highest BCUT2D eigenvalue weighted by molar-refractivity contribution is 7.98. The predicted molar refractivity (Wildman–Crippen MR) is 79.2 cm³/mol. The summed E-state index contributed by atoms with van der Waals surface area (Å²) in [6.07, 6.45) is 3.19. The van der Waals surface area contributed by atoms with Gasteiger partial charge in [0.15, 0.2) is 0 Å². The summed E-state index contributed by atoms with van der Waals surface area (Å²) in [5.74, 6) is -0.464. The summed E-state index contributed by atoms with van der Waals surface area (Å²) < 4.78 is 22.0. The van der Waals surface area contributed by atoms with Crippen molar-refractivity contribution in [3.8, 4) is 0 Å². The van der Waals surface area contributed by atoms with Crippen molar-refractivity contribution < 1.29 is 13.2 Å². The van der Waals surface area contributed by atoms with Gasteiger partial charge >= 0.3 is 0 Å². The number of sulfone groups is 1. The van der Waals surface area contributed by atoms with E-state index in [4.69, 9.17) is 5.73 Å². The lowest BCUT2D eigenvalue weighted by molar-refractivity contribution is -0.117. The fourth-order valence-corrected chi connectivity index (χ4v) is 2.55. The third-order valence-electron chi connectivity index (χ3n) is 2.47. The van der Waals surface area contributed by atoms with Gasteiger partial charge in [-0.2, -0.15) is 0 Å². The molecular weight excluding hydrogens is 284 g/mol. The lowest BCUT2D eigenvalue weighted by Gasteiger charge is -2.12. The van der Waals surface area contributed by atoms with Crippen molar-refractivity contribution in [1.29, 1.82) is 0 Å². The van der Waals surface area contributed by atoms with Gasteiger partial charge in [-0.1, -0.05) is 6.07 Å². The summed E-state index contributed by atoms with van der Waals surface area (Å²) >= 11 is 1.57. The minimum Gasteiger partial charge on any atom is -0.325 e. The van der Waals surface area contributed by atoms with Crippen molar-refractivity contribution in [1.82, 2.24) is 0 Å². The van der Waals surface area contributed by atoms with Crippen LogP contribution in [0.1, 0.15) is 6.42 Å². The van der Waals surface area contributed by atoms with E-state index >= 15 is 0 Å². The van der Waals surface area contributed by atoms with E-state index in [9.17, 15) is 13.2 Å². The Hall–Kier alpha value is -1.05. The average Bonchev–Trinajstić information content (AvgIpc) is 2.35. The van der Waals surface area contributed by atoms with Crippen LogP contribution in [0.15, 0.2) is 29.2 Å². The third-order valence-corrected chi connectivity index (χ3v) is 4.18. The molecule has 1 aromatic rings. The van der Waals surface area contributed by atoms with Crippen molar-refractivity contribution in [2.24, 2.45) is 5.73 Å². The van der Waals surface area contributed by atoms with Gasteiger partial charge in [0.25, 0.3) is 0 Å². The van der Waals surface area contributed by atoms with E-state index in [0.717, 1.165) is 11.2 Å². The van der Waals surface area contributed by atoms with Gasteiger partial charge in [0.05, 0.1) is 11.8 Å². The summed E-state index contributed by atoms with van der Waals surface area (Å²) in [7, 11) is -3.10. The smallest absolute Gasteiger partial charge is 0.241 e. The summed E-state index contributed by atoms with van der Waals surface area (Å²) in [6, 6.07) is 6.55. The van der Waals surface area contributed by atoms with E-state index < -0.39 is 15.9 Å². The molecule has 1 unspecified atom stereocenters. The molecule has 5 nitrogen and oxygen atoms in total. The molecule has 0 aliphatic heterocycles. The molecule has 0 heterocycles. The van der Waals surface area contributed by atoms with Gasteiger partial charge in [-0.05, 0) is 30.9 Å². The molecule has 0 aliphatic rings. The van der Waals surface area contributed by atoms with Gasteiger partial charge in [-0.3, -0.25) is 4.79 Å². The third kappa shape index (κ3) is 6.09. The Bertz CT molecular complexity index is 544. The van der Waals surface area contributed by atoms with Gasteiger partial charge in [0.1, 0.15) is 9.84 Å². The number of anilines is 1. The van der Waals surface area contributed by atoms with Crippen LogP contribution in [0.5, 0.6) is 0 Å². The zero-order valence-electron chi connectivity index (χ0n) is 10.9. The topological polar surface area (TPSA) is 89.3 Å². The van der Waals surface area contributed by atoms with Crippen molar-refractivity contribution in [2.75, 3.05) is 23.6 Å². The van der Waals surface area contributed by atoms with Gasteiger partial charge in [-0.15, -0.1) is 11.8 Å². The van der Waals surface area contributed by atoms with E-state index in [1.165, 1.54) is 0 Å². The zero-order valence-corrected chi connectivity index (χ0v) is 12.6. The standard InChI is InChI=1S/C12H18N2O3S2/c1-18-10-5-3-4-9(8-10)14-12(15)11(13)6-7-19(2,16)17/h3-5,8,11H,6-7,13H2,1-2H3,(H,14,15). The summed E-state index contributed by atoms with van der Waals surface area (Å²) in [5.41, 5.74) is 6.32. The van der Waals surface area contributed by atoms with Crippen LogP contribution in [-0.2, 0) is 14.6 Å². The van der Waals surface area contributed by atoms with Crippen LogP contribution in [-0.4, -0.2) is 38.6 Å². The molecule has 7 heteroatoms. The molecule has 1 atom stereocenters. The first kappa shape index (κ1) is 16.0. The van der Waals surface area contributed by atoms with Crippen LogP contribution in [0.25, 0.3) is 0 Å². The maximum Gasteiger partial charge on any atom is 0.241 e. The molecule has 0 aliphatic carbocycles. The van der Waals surface area contributed by atoms with Crippen LogP contribution < -0.4 is 11.1 Å². The molecule has 3 N–H and O–H groups in total. The van der Waals surface area contributed by atoms with E-state index in [1.54, 1.807) is 17.8 Å². The van der Waals surface area contributed by atoms with Crippen LogP contribution in [0, 0.1) is 0 Å². The minimum atomic E-state index is -3.10. The summed E-state index contributed by atoms with van der Waals surface area (Å²) in [4.78, 5) is 12.8. The molecule has 0 bridgehead atoms. The lowest BCUT2D eigenvalue weighted by Crippen LogP contribution is -2.37. The molecule has 1 amide bonds. The number of hydrogen-bond donors (Lipinski definition) is 2. The number of amides is 1. The molecule has 0 fully saturated rings. The van der Waals surface area contributed by atoms with Crippen LogP contribution >= 0.6 is 11.8 Å². The molecule has 0 saturated heterocycles. The molecule has 19 heavy (non-hydrogen) atoms. The minimum absolute atomic E-state index is 0.0908. The van der Waals surface area contributed by atoms with Crippen LogP contribution in [0.4, 0.5) is 5.69 Å². The lowest BCUT2D eigenvalue weighted by atomic mass is 10.2. The Kier molecular flexibility index (Phi) is 5.84. The highest BCUT2D eigenvalue weighted by Crippen LogP contribution is 2.19. The molecule has 0 aromatic heterocycles. The monoisotopic (exact) mass is 302 g/mol. The second-order valence-electron chi connectivity index (χ2n) is 4.25. The largest absolute Gasteiger partial charge is 0.325 e. The first-order valence-corrected chi connectivity index (χ1v) is 8.98. The number of benzene rings is 1. The first-order valence-electron chi connectivity index (χ1n) is 5.70. The second kappa shape index (κ2) is 6.93. The number of hydrogen-bond acceptors (Lipinski definition) is 5. The number of carbonyl (C=O) groups excluding carboxylic acids is 1. The number of thioether (sulfide) groups is 1. The number of carbonyl (C=O) groups is 1. The Morgan fingerprint density at radius 1 is 1.47 bits per heavy atom. The van der Waals surface area contributed by atoms with Gasteiger partial charge in [-0.25, -0.2) is 8.42 Å². The van der Waals surface area contributed by atoms with E-state index in [0.29, 0.717) is 5.69 Å². The van der Waals surface area contributed by atoms with Crippen molar-refractivity contribution >= 4 is 33.2 Å². The summed E-state index contributed by atoms with van der Waals surface area (Å²) in [5, 5.41) is 2.68. The van der Waals surface area contributed by atoms with Crippen LogP contribution in [0.3, 0.4) is 0 Å². The Balaban J connectivity index is 2.58.